The molecule has 0 aromatic carbocycles. The SMILES string of the molecule is CC[Si](CC)(CC)O[C@@H]1C(=O)C2(CC2)C(C)=C2C(=O)C=C[C@@H]21. The average molecular weight is 318 g/mol. The molecule has 1 fully saturated rings. The first-order valence-electron chi connectivity index (χ1n) is 8.60. The zero-order chi connectivity index (χ0) is 16.1. The molecule has 0 radical (unpaired) electrons. The molecule has 2 atom stereocenters. The van der Waals surface area contributed by atoms with Crippen LogP contribution < -0.4 is 0 Å². The first-order valence-corrected chi connectivity index (χ1v) is 11.1. The molecule has 3 nitrogen and oxygen atoms in total. The van der Waals surface area contributed by atoms with E-state index in [0.717, 1.165) is 42.1 Å². The number of rotatable bonds is 5. The third-order valence-corrected chi connectivity index (χ3v) is 10.9. The lowest BCUT2D eigenvalue weighted by Crippen LogP contribution is -2.50. The van der Waals surface area contributed by atoms with Crippen molar-refractivity contribution in [2.75, 3.05) is 0 Å². The molecule has 1 spiro atoms. The largest absolute Gasteiger partial charge is 0.406 e. The molecule has 0 aromatic rings. The van der Waals surface area contributed by atoms with Crippen molar-refractivity contribution in [2.45, 2.75) is 64.8 Å². The number of carbonyl (C=O) groups is 2. The fourth-order valence-corrected chi connectivity index (χ4v) is 7.04. The Kier molecular flexibility index (Phi) is 3.80. The van der Waals surface area contributed by atoms with E-state index < -0.39 is 14.4 Å². The summed E-state index contributed by atoms with van der Waals surface area (Å²) in [5, 5.41) is 0. The first-order chi connectivity index (χ1) is 10.4. The fraction of sp³-hybridized carbons (Fsp3) is 0.667. The van der Waals surface area contributed by atoms with Crippen molar-refractivity contribution in [1.29, 1.82) is 0 Å². The summed E-state index contributed by atoms with van der Waals surface area (Å²) in [6.07, 6.45) is 4.90. The van der Waals surface area contributed by atoms with Gasteiger partial charge in [0.2, 0.25) is 0 Å². The summed E-state index contributed by atoms with van der Waals surface area (Å²) in [6, 6.07) is 3.08. The first kappa shape index (κ1) is 15.9. The Balaban J connectivity index is 2.00. The van der Waals surface area contributed by atoms with Crippen LogP contribution in [0.15, 0.2) is 23.3 Å². The van der Waals surface area contributed by atoms with E-state index in [4.69, 9.17) is 4.43 Å². The Morgan fingerprint density at radius 1 is 1.18 bits per heavy atom. The Bertz CT molecular complexity index is 571. The molecule has 0 amide bonds. The molecule has 3 rings (SSSR count). The maximum Gasteiger partial charge on any atom is 0.193 e. The molecule has 0 saturated heterocycles. The van der Waals surface area contributed by atoms with Crippen LogP contribution in [0.25, 0.3) is 0 Å². The molecule has 0 aromatic heterocycles. The van der Waals surface area contributed by atoms with Gasteiger partial charge in [-0.1, -0.05) is 32.4 Å². The van der Waals surface area contributed by atoms with Gasteiger partial charge in [0.15, 0.2) is 19.9 Å². The van der Waals surface area contributed by atoms with E-state index in [1.807, 2.05) is 13.0 Å². The normalized spacial score (nSPS) is 29.5. The Morgan fingerprint density at radius 3 is 2.27 bits per heavy atom. The lowest BCUT2D eigenvalue weighted by Gasteiger charge is -2.40. The van der Waals surface area contributed by atoms with Gasteiger partial charge in [-0.05, 0) is 44.0 Å². The molecule has 3 aliphatic rings. The van der Waals surface area contributed by atoms with Crippen molar-refractivity contribution >= 4 is 19.9 Å². The summed E-state index contributed by atoms with van der Waals surface area (Å²) in [4.78, 5) is 25.4. The van der Waals surface area contributed by atoms with Gasteiger partial charge < -0.3 is 4.43 Å². The Labute approximate surface area is 133 Å². The summed E-state index contributed by atoms with van der Waals surface area (Å²) in [5.74, 6) is 0.194. The minimum atomic E-state index is -1.87. The molecule has 0 aliphatic heterocycles. The highest BCUT2D eigenvalue weighted by molar-refractivity contribution is 6.73. The van der Waals surface area contributed by atoms with Crippen molar-refractivity contribution in [3.8, 4) is 0 Å². The third-order valence-electron chi connectivity index (χ3n) is 6.29. The highest BCUT2D eigenvalue weighted by atomic mass is 28.4. The van der Waals surface area contributed by atoms with Gasteiger partial charge in [0.25, 0.3) is 0 Å². The van der Waals surface area contributed by atoms with Crippen LogP contribution in [0.5, 0.6) is 0 Å². The molecule has 0 unspecified atom stereocenters. The van der Waals surface area contributed by atoms with Gasteiger partial charge in [-0.15, -0.1) is 0 Å². The summed E-state index contributed by atoms with van der Waals surface area (Å²) in [7, 11) is -1.87. The van der Waals surface area contributed by atoms with Gasteiger partial charge >= 0.3 is 0 Å². The lowest BCUT2D eigenvalue weighted by atomic mass is 9.73. The van der Waals surface area contributed by atoms with Crippen molar-refractivity contribution in [1.82, 2.24) is 0 Å². The standard InChI is InChI=1S/C18H26O3Si/c1-5-22(6-2,7-3)21-16-13-8-9-14(19)15(13)12(4)18(10-11-18)17(16)20/h8-9,13,16H,5-7,10-11H2,1-4H3/t13-,16-/m0/s1. The Hall–Kier alpha value is -1.00. The van der Waals surface area contributed by atoms with Crippen LogP contribution >= 0.6 is 0 Å². The minimum absolute atomic E-state index is 0.0895. The quantitative estimate of drug-likeness (QED) is 0.724. The number of fused-ring (bicyclic) bond motifs is 1. The van der Waals surface area contributed by atoms with E-state index in [0.29, 0.717) is 0 Å². The van der Waals surface area contributed by atoms with Crippen molar-refractivity contribution < 1.29 is 14.0 Å². The molecule has 0 heterocycles. The average Bonchev–Trinajstić information content (AvgIpc) is 3.25. The number of carbonyl (C=O) groups excluding carboxylic acids is 2. The summed E-state index contributed by atoms with van der Waals surface area (Å²) in [6.45, 7) is 8.52. The van der Waals surface area contributed by atoms with E-state index in [-0.39, 0.29) is 22.9 Å². The van der Waals surface area contributed by atoms with Crippen LogP contribution in [0.3, 0.4) is 0 Å². The van der Waals surface area contributed by atoms with Crippen LogP contribution in [-0.2, 0) is 14.0 Å². The van der Waals surface area contributed by atoms with Crippen LogP contribution in [0.1, 0.15) is 40.5 Å². The zero-order valence-corrected chi connectivity index (χ0v) is 15.1. The van der Waals surface area contributed by atoms with Crippen LogP contribution in [0.2, 0.25) is 18.1 Å². The van der Waals surface area contributed by atoms with E-state index in [9.17, 15) is 9.59 Å². The maximum atomic E-state index is 13.1. The van der Waals surface area contributed by atoms with Gasteiger partial charge in [-0.2, -0.15) is 0 Å². The van der Waals surface area contributed by atoms with Gasteiger partial charge in [0, 0.05) is 11.5 Å². The van der Waals surface area contributed by atoms with Crippen LogP contribution in [0, 0.1) is 11.3 Å². The highest BCUT2D eigenvalue weighted by Gasteiger charge is 2.61. The maximum absolute atomic E-state index is 13.1. The zero-order valence-electron chi connectivity index (χ0n) is 14.1. The molecule has 1 saturated carbocycles. The number of hydrogen-bond acceptors (Lipinski definition) is 3. The molecule has 0 bridgehead atoms. The molecule has 120 valence electrons. The minimum Gasteiger partial charge on any atom is -0.406 e. The monoisotopic (exact) mass is 318 g/mol. The predicted molar refractivity (Wildman–Crippen MR) is 89.1 cm³/mol. The second-order valence-corrected chi connectivity index (χ2v) is 11.7. The van der Waals surface area contributed by atoms with Gasteiger partial charge in [0.1, 0.15) is 6.10 Å². The highest BCUT2D eigenvalue weighted by Crippen LogP contribution is 2.59. The van der Waals surface area contributed by atoms with Crippen molar-refractivity contribution in [2.24, 2.45) is 11.3 Å². The second kappa shape index (κ2) is 5.27. The number of allylic oxidation sites excluding steroid dienone is 2. The smallest absolute Gasteiger partial charge is 0.193 e. The Morgan fingerprint density at radius 2 is 1.77 bits per heavy atom. The third kappa shape index (κ3) is 2.03. The summed E-state index contributed by atoms with van der Waals surface area (Å²) in [5.41, 5.74) is 1.51. The molecular weight excluding hydrogens is 292 g/mol. The second-order valence-electron chi connectivity index (χ2n) is 7.02. The van der Waals surface area contributed by atoms with E-state index in [2.05, 4.69) is 20.8 Å². The molecule has 3 aliphatic carbocycles. The summed E-state index contributed by atoms with van der Waals surface area (Å²) < 4.78 is 6.58. The predicted octanol–water partition coefficient (Wildman–Crippen LogP) is 3.81. The number of ketones is 2. The van der Waals surface area contributed by atoms with Gasteiger partial charge in [0.05, 0.1) is 5.41 Å². The lowest BCUT2D eigenvalue weighted by molar-refractivity contribution is -0.132. The van der Waals surface area contributed by atoms with Crippen LogP contribution in [0.4, 0.5) is 0 Å². The molecule has 4 heteroatoms. The molecular formula is C18H26O3Si. The summed E-state index contributed by atoms with van der Waals surface area (Å²) >= 11 is 0. The molecule has 22 heavy (non-hydrogen) atoms. The van der Waals surface area contributed by atoms with Crippen molar-refractivity contribution in [3.05, 3.63) is 23.3 Å². The van der Waals surface area contributed by atoms with E-state index >= 15 is 0 Å². The van der Waals surface area contributed by atoms with Gasteiger partial charge in [-0.3, -0.25) is 9.59 Å². The van der Waals surface area contributed by atoms with Crippen LogP contribution in [-0.4, -0.2) is 26.0 Å². The topological polar surface area (TPSA) is 43.4 Å². The number of hydrogen-bond donors (Lipinski definition) is 0. The molecule has 0 N–H and O–H groups in total. The fourth-order valence-electron chi connectivity index (χ4n) is 4.25. The number of Topliss-reactive ketones (excluding diaryl/α,β-unsaturated/α-hetero) is 1. The van der Waals surface area contributed by atoms with Crippen molar-refractivity contribution in [3.63, 3.8) is 0 Å². The van der Waals surface area contributed by atoms with E-state index in [1.165, 1.54) is 0 Å². The van der Waals surface area contributed by atoms with E-state index in [1.54, 1.807) is 6.08 Å². The van der Waals surface area contributed by atoms with Gasteiger partial charge in [-0.25, -0.2) is 0 Å².